The van der Waals surface area contributed by atoms with Crippen LogP contribution in [-0.2, 0) is 4.79 Å². The average Bonchev–Trinajstić information content (AvgIpc) is 3.48. The van der Waals surface area contributed by atoms with Gasteiger partial charge in [-0.25, -0.2) is 4.98 Å². The van der Waals surface area contributed by atoms with E-state index in [1.807, 2.05) is 0 Å². The largest absolute Gasteiger partial charge is 0.495 e. The molecule has 2 heterocycles. The summed E-state index contributed by atoms with van der Waals surface area (Å²) in [5, 5.41) is 6.26. The van der Waals surface area contributed by atoms with Crippen molar-refractivity contribution in [1.29, 1.82) is 0 Å². The molecule has 2 fully saturated rings. The Bertz CT molecular complexity index is 1280. The van der Waals surface area contributed by atoms with Crippen molar-refractivity contribution in [3.8, 4) is 5.75 Å². The number of carbonyl (C=O) groups is 2. The third-order valence-corrected chi connectivity index (χ3v) is 8.61. The molecule has 0 spiro atoms. The quantitative estimate of drug-likeness (QED) is 0.510. The number of nitrogens with zero attached hydrogens (tertiary/aromatic N) is 5. The molecule has 0 saturated heterocycles. The molecule has 2 saturated carbocycles. The van der Waals surface area contributed by atoms with Crippen molar-refractivity contribution in [2.45, 2.75) is 75.4 Å². The van der Waals surface area contributed by atoms with Crippen LogP contribution in [0.1, 0.15) is 61.7 Å². The molecule has 222 valence electrons. The van der Waals surface area contributed by atoms with Crippen LogP contribution in [0.5, 0.6) is 5.75 Å². The SMILES string of the molecule is COc1cc(C(=O)NC2CCC(N(C)C)CC2)ccc1Nc1ncc2c(n1)N(C1CCCC1)CC(F)(F)C(=O)N2C. The lowest BCUT2D eigenvalue weighted by Gasteiger charge is -2.33. The van der Waals surface area contributed by atoms with Crippen LogP contribution in [0.2, 0.25) is 0 Å². The Morgan fingerprint density at radius 3 is 2.49 bits per heavy atom. The molecule has 41 heavy (non-hydrogen) atoms. The lowest BCUT2D eigenvalue weighted by Crippen LogP contribution is -2.48. The number of halogens is 2. The summed E-state index contributed by atoms with van der Waals surface area (Å²) in [5.74, 6) is -4.10. The van der Waals surface area contributed by atoms with Crippen molar-refractivity contribution in [2.24, 2.45) is 0 Å². The van der Waals surface area contributed by atoms with Gasteiger partial charge in [0.15, 0.2) is 5.82 Å². The number of nitrogens with one attached hydrogen (secondary N) is 2. The van der Waals surface area contributed by atoms with Crippen LogP contribution in [0.15, 0.2) is 24.4 Å². The fraction of sp³-hybridized carbons (Fsp3) is 0.586. The predicted molar refractivity (Wildman–Crippen MR) is 153 cm³/mol. The van der Waals surface area contributed by atoms with Gasteiger partial charge < -0.3 is 30.1 Å². The molecule has 12 heteroatoms. The lowest BCUT2D eigenvalue weighted by molar-refractivity contribution is -0.140. The highest BCUT2D eigenvalue weighted by Crippen LogP contribution is 2.40. The highest BCUT2D eigenvalue weighted by molar-refractivity contribution is 6.02. The van der Waals surface area contributed by atoms with Gasteiger partial charge in [0.1, 0.15) is 11.4 Å². The second-order valence-corrected chi connectivity index (χ2v) is 11.5. The summed E-state index contributed by atoms with van der Waals surface area (Å²) in [5.41, 5.74) is 1.23. The van der Waals surface area contributed by atoms with E-state index in [0.717, 1.165) is 56.3 Å². The average molecular weight is 572 g/mol. The van der Waals surface area contributed by atoms with Gasteiger partial charge >= 0.3 is 5.92 Å². The molecular formula is C29H39F2N7O3. The number of rotatable bonds is 7. The monoisotopic (exact) mass is 571 g/mol. The molecule has 1 aromatic heterocycles. The van der Waals surface area contributed by atoms with E-state index in [-0.39, 0.29) is 29.6 Å². The van der Waals surface area contributed by atoms with Crippen molar-refractivity contribution in [3.63, 3.8) is 0 Å². The third kappa shape index (κ3) is 6.07. The van der Waals surface area contributed by atoms with Gasteiger partial charge in [-0.05, 0) is 70.8 Å². The van der Waals surface area contributed by atoms with E-state index in [9.17, 15) is 18.4 Å². The van der Waals surface area contributed by atoms with E-state index in [2.05, 4.69) is 39.6 Å². The van der Waals surface area contributed by atoms with Crippen LogP contribution in [0.4, 0.5) is 31.9 Å². The Kier molecular flexibility index (Phi) is 8.30. The van der Waals surface area contributed by atoms with Crippen LogP contribution in [0, 0.1) is 0 Å². The minimum Gasteiger partial charge on any atom is -0.495 e. The molecule has 0 unspecified atom stereocenters. The molecule has 0 atom stereocenters. The molecule has 5 rings (SSSR count). The van der Waals surface area contributed by atoms with E-state index in [1.54, 1.807) is 23.1 Å². The molecule has 3 aliphatic rings. The zero-order valence-electron chi connectivity index (χ0n) is 24.1. The highest BCUT2D eigenvalue weighted by atomic mass is 19.3. The first-order valence-electron chi connectivity index (χ1n) is 14.3. The molecule has 10 nitrogen and oxygen atoms in total. The van der Waals surface area contributed by atoms with Gasteiger partial charge in [-0.1, -0.05) is 12.8 Å². The van der Waals surface area contributed by atoms with Gasteiger partial charge in [-0.15, -0.1) is 0 Å². The first kappa shape index (κ1) is 29.0. The van der Waals surface area contributed by atoms with Gasteiger partial charge in [-0.2, -0.15) is 13.8 Å². The number of fused-ring (bicyclic) bond motifs is 1. The minimum absolute atomic E-state index is 0.132. The number of carbonyl (C=O) groups excluding carboxylic acids is 2. The Morgan fingerprint density at radius 2 is 1.83 bits per heavy atom. The normalized spacial score (nSPS) is 22.9. The van der Waals surface area contributed by atoms with Crippen LogP contribution >= 0.6 is 0 Å². The van der Waals surface area contributed by atoms with E-state index < -0.39 is 18.4 Å². The third-order valence-electron chi connectivity index (χ3n) is 8.61. The van der Waals surface area contributed by atoms with E-state index in [4.69, 9.17) is 4.74 Å². The van der Waals surface area contributed by atoms with E-state index in [0.29, 0.717) is 28.9 Å². The number of hydrogen-bond donors (Lipinski definition) is 2. The van der Waals surface area contributed by atoms with Crippen LogP contribution < -0.4 is 25.2 Å². The highest BCUT2D eigenvalue weighted by Gasteiger charge is 2.48. The topological polar surface area (TPSA) is 103 Å². The Hall–Kier alpha value is -3.54. The maximum Gasteiger partial charge on any atom is 0.342 e. The summed E-state index contributed by atoms with van der Waals surface area (Å²) in [6, 6.07) is 5.62. The number of anilines is 4. The smallest absolute Gasteiger partial charge is 0.342 e. The number of methoxy groups -OCH3 is 1. The zero-order chi connectivity index (χ0) is 29.3. The molecule has 0 radical (unpaired) electrons. The summed E-state index contributed by atoms with van der Waals surface area (Å²) >= 11 is 0. The number of hydrogen-bond acceptors (Lipinski definition) is 8. The van der Waals surface area contributed by atoms with Crippen molar-refractivity contribution in [1.82, 2.24) is 20.2 Å². The summed E-state index contributed by atoms with van der Waals surface area (Å²) in [4.78, 5) is 39.2. The minimum atomic E-state index is -3.54. The predicted octanol–water partition coefficient (Wildman–Crippen LogP) is 4.19. The molecule has 0 bridgehead atoms. The maximum atomic E-state index is 14.9. The van der Waals surface area contributed by atoms with Gasteiger partial charge in [0.05, 0.1) is 25.5 Å². The van der Waals surface area contributed by atoms with Gasteiger partial charge in [0, 0.05) is 30.7 Å². The Balaban J connectivity index is 1.35. The Morgan fingerprint density at radius 1 is 1.12 bits per heavy atom. The molecule has 2 aromatic rings. The van der Waals surface area contributed by atoms with Crippen molar-refractivity contribution >= 4 is 35.0 Å². The van der Waals surface area contributed by atoms with Gasteiger partial charge in [0.25, 0.3) is 11.8 Å². The lowest BCUT2D eigenvalue weighted by atomic mass is 9.90. The second-order valence-electron chi connectivity index (χ2n) is 11.5. The maximum absolute atomic E-state index is 14.9. The van der Waals surface area contributed by atoms with Crippen LogP contribution in [0.3, 0.4) is 0 Å². The first-order valence-corrected chi connectivity index (χ1v) is 14.3. The fourth-order valence-electron chi connectivity index (χ4n) is 6.17. The van der Waals surface area contributed by atoms with Crippen molar-refractivity contribution in [3.05, 3.63) is 30.0 Å². The number of ether oxygens (including phenoxy) is 1. The second kappa shape index (κ2) is 11.8. The summed E-state index contributed by atoms with van der Waals surface area (Å²) in [7, 11) is 7.01. The number of aromatic nitrogens is 2. The molecule has 2 N–H and O–H groups in total. The fourth-order valence-corrected chi connectivity index (χ4v) is 6.17. The molecule has 2 amide bonds. The Labute approximate surface area is 239 Å². The molecule has 2 aliphatic carbocycles. The summed E-state index contributed by atoms with van der Waals surface area (Å²) in [6.45, 7) is -0.728. The molecule has 1 aromatic carbocycles. The first-order chi connectivity index (χ1) is 19.6. The summed E-state index contributed by atoms with van der Waals surface area (Å²) < 4.78 is 35.3. The zero-order valence-corrected chi connectivity index (χ0v) is 24.1. The van der Waals surface area contributed by atoms with Gasteiger partial charge in [-0.3, -0.25) is 9.59 Å². The van der Waals surface area contributed by atoms with Crippen molar-refractivity contribution < 1.29 is 23.1 Å². The van der Waals surface area contributed by atoms with E-state index >= 15 is 0 Å². The van der Waals surface area contributed by atoms with Crippen LogP contribution in [-0.4, -0.2) is 85.5 Å². The van der Waals surface area contributed by atoms with Crippen LogP contribution in [0.25, 0.3) is 0 Å². The number of alkyl halides is 2. The van der Waals surface area contributed by atoms with E-state index in [1.165, 1.54) is 20.4 Å². The number of amides is 2. The standard InChI is InChI=1S/C29H39F2N7O3/c1-36(2)20-12-10-19(11-13-20)33-26(39)18-9-14-22(24(15-18)41-4)34-28-32-16-23-25(35-28)38(21-7-5-6-8-21)17-29(30,31)27(40)37(23)3/h9,14-16,19-21H,5-8,10-13,17H2,1-4H3,(H,33,39)(H,32,34,35). The number of benzene rings is 1. The van der Waals surface area contributed by atoms with Gasteiger partial charge in [0.2, 0.25) is 5.95 Å². The van der Waals surface area contributed by atoms with Crippen molar-refractivity contribution in [2.75, 3.05) is 49.9 Å². The molecule has 1 aliphatic heterocycles. The summed E-state index contributed by atoms with van der Waals surface area (Å²) in [6.07, 6.45) is 8.76. The molecular weight excluding hydrogens is 532 g/mol.